The Hall–Kier alpha value is -2.86. The lowest BCUT2D eigenvalue weighted by molar-refractivity contribution is 0.0643. The van der Waals surface area contributed by atoms with Crippen molar-refractivity contribution in [3.63, 3.8) is 0 Å². The van der Waals surface area contributed by atoms with E-state index in [1.165, 1.54) is 5.56 Å². The van der Waals surface area contributed by atoms with Gasteiger partial charge >= 0.3 is 0 Å². The van der Waals surface area contributed by atoms with Crippen molar-refractivity contribution < 1.29 is 14.3 Å². The number of hydrogen-bond donors (Lipinski definition) is 0. The van der Waals surface area contributed by atoms with Crippen molar-refractivity contribution in [1.29, 1.82) is 0 Å². The molecule has 1 saturated heterocycles. The van der Waals surface area contributed by atoms with Crippen LogP contribution >= 0.6 is 0 Å². The molecule has 2 aliphatic rings. The van der Waals surface area contributed by atoms with Gasteiger partial charge in [0.25, 0.3) is 5.91 Å². The Bertz CT molecular complexity index is 1070. The number of aliphatic imine (C=N–C) groups is 1. The monoisotopic (exact) mass is 463 g/mol. The molecule has 0 spiro atoms. The second-order valence-electron chi connectivity index (χ2n) is 9.97. The smallest absolute Gasteiger partial charge is 0.254 e. The number of piperidine rings is 1. The Labute approximate surface area is 203 Å². The molecule has 1 fully saturated rings. The highest BCUT2D eigenvalue weighted by atomic mass is 16.5. The van der Waals surface area contributed by atoms with Crippen LogP contribution in [-0.4, -0.2) is 73.9 Å². The van der Waals surface area contributed by atoms with E-state index in [0.29, 0.717) is 17.2 Å². The SMILES string of the molecule is COc1cc2c(cc1OC)[C@@H]1CN(C)CC[C@@H]1N=C2c1ccc(C(=O)N(C(C)C)C(C)C)cc1. The third-order valence-electron chi connectivity index (χ3n) is 7.04. The van der Waals surface area contributed by atoms with Crippen molar-refractivity contribution in [3.8, 4) is 11.5 Å². The van der Waals surface area contributed by atoms with E-state index >= 15 is 0 Å². The summed E-state index contributed by atoms with van der Waals surface area (Å²) in [6.07, 6.45) is 1.02. The molecule has 2 aromatic rings. The van der Waals surface area contributed by atoms with Crippen molar-refractivity contribution in [2.75, 3.05) is 34.4 Å². The van der Waals surface area contributed by atoms with E-state index in [1.807, 2.05) is 29.2 Å². The number of likely N-dealkylation sites (tertiary alicyclic amines) is 1. The van der Waals surface area contributed by atoms with Gasteiger partial charge in [0.2, 0.25) is 0 Å². The van der Waals surface area contributed by atoms with Crippen LogP contribution in [0, 0.1) is 0 Å². The summed E-state index contributed by atoms with van der Waals surface area (Å²) in [5, 5.41) is 0. The fraction of sp³-hybridized carbons (Fsp3) is 0.500. The first-order valence-electron chi connectivity index (χ1n) is 12.2. The summed E-state index contributed by atoms with van der Waals surface area (Å²) in [4.78, 5) is 22.7. The summed E-state index contributed by atoms with van der Waals surface area (Å²) < 4.78 is 11.3. The predicted molar refractivity (Wildman–Crippen MR) is 137 cm³/mol. The maximum Gasteiger partial charge on any atom is 0.254 e. The van der Waals surface area contributed by atoms with Crippen LogP contribution in [0.5, 0.6) is 11.5 Å². The molecular weight excluding hydrogens is 426 g/mol. The van der Waals surface area contributed by atoms with Gasteiger partial charge < -0.3 is 19.3 Å². The number of rotatable bonds is 6. The zero-order valence-electron chi connectivity index (χ0n) is 21.5. The van der Waals surface area contributed by atoms with Crippen LogP contribution in [0.3, 0.4) is 0 Å². The van der Waals surface area contributed by atoms with Gasteiger partial charge in [-0.05, 0) is 77.5 Å². The van der Waals surface area contributed by atoms with Crippen LogP contribution in [0.1, 0.15) is 67.1 Å². The number of fused-ring (bicyclic) bond motifs is 3. The zero-order valence-corrected chi connectivity index (χ0v) is 21.5. The van der Waals surface area contributed by atoms with Crippen molar-refractivity contribution in [1.82, 2.24) is 9.80 Å². The molecule has 0 aromatic heterocycles. The molecule has 0 radical (unpaired) electrons. The highest BCUT2D eigenvalue weighted by Crippen LogP contribution is 2.42. The quantitative estimate of drug-likeness (QED) is 0.628. The number of carbonyl (C=O) groups excluding carboxylic acids is 1. The molecule has 182 valence electrons. The molecule has 0 N–H and O–H groups in total. The van der Waals surface area contributed by atoms with E-state index < -0.39 is 0 Å². The average molecular weight is 464 g/mol. The van der Waals surface area contributed by atoms with E-state index in [0.717, 1.165) is 42.1 Å². The minimum atomic E-state index is 0.0596. The Morgan fingerprint density at radius 3 is 2.24 bits per heavy atom. The Morgan fingerprint density at radius 2 is 1.65 bits per heavy atom. The second kappa shape index (κ2) is 9.79. The number of benzene rings is 2. The van der Waals surface area contributed by atoms with Crippen LogP contribution < -0.4 is 9.47 Å². The number of likely N-dealkylation sites (N-methyl/N-ethyl adjacent to an activating group) is 1. The molecule has 34 heavy (non-hydrogen) atoms. The first-order chi connectivity index (χ1) is 16.2. The number of amides is 1. The van der Waals surface area contributed by atoms with Gasteiger partial charge in [-0.3, -0.25) is 9.79 Å². The fourth-order valence-electron chi connectivity index (χ4n) is 5.42. The first-order valence-corrected chi connectivity index (χ1v) is 12.2. The fourth-order valence-corrected chi connectivity index (χ4v) is 5.42. The van der Waals surface area contributed by atoms with Crippen LogP contribution in [0.4, 0.5) is 0 Å². The molecule has 2 aromatic carbocycles. The lowest BCUT2D eigenvalue weighted by Gasteiger charge is -2.39. The molecule has 0 bridgehead atoms. The van der Waals surface area contributed by atoms with Gasteiger partial charge in [0, 0.05) is 41.2 Å². The third-order valence-corrected chi connectivity index (χ3v) is 7.04. The molecule has 4 rings (SSSR count). The largest absolute Gasteiger partial charge is 0.493 e. The molecule has 0 saturated carbocycles. The summed E-state index contributed by atoms with van der Waals surface area (Å²) in [6.45, 7) is 10.2. The molecule has 2 aliphatic heterocycles. The van der Waals surface area contributed by atoms with Crippen LogP contribution in [-0.2, 0) is 0 Å². The lowest BCUT2D eigenvalue weighted by Crippen LogP contribution is -2.42. The summed E-state index contributed by atoms with van der Waals surface area (Å²) in [5.41, 5.74) is 5.02. The molecule has 6 nitrogen and oxygen atoms in total. The number of hydrogen-bond acceptors (Lipinski definition) is 5. The van der Waals surface area contributed by atoms with Crippen molar-refractivity contribution >= 4 is 11.6 Å². The summed E-state index contributed by atoms with van der Waals surface area (Å²) in [5.74, 6) is 1.83. The maximum absolute atomic E-state index is 13.1. The molecule has 6 heteroatoms. The molecule has 0 aliphatic carbocycles. The standard InChI is InChI=1S/C28H37N3O3/c1-17(2)31(18(3)4)28(32)20-10-8-19(9-11-20)27-22-15-26(34-7)25(33-6)14-21(22)23-16-30(5)13-12-24(23)29-27/h8-11,14-15,17-18,23-24H,12-13,16H2,1-7H3/t23-,24-/m0/s1. The Morgan fingerprint density at radius 1 is 1.03 bits per heavy atom. The van der Waals surface area contributed by atoms with Crippen molar-refractivity contribution in [3.05, 3.63) is 58.7 Å². The highest BCUT2D eigenvalue weighted by Gasteiger charge is 2.36. The number of carbonyl (C=O) groups is 1. The maximum atomic E-state index is 13.1. The van der Waals surface area contributed by atoms with Crippen molar-refractivity contribution in [2.45, 2.75) is 58.2 Å². The average Bonchev–Trinajstić information content (AvgIpc) is 2.82. The van der Waals surface area contributed by atoms with Gasteiger partial charge in [-0.15, -0.1) is 0 Å². The zero-order chi connectivity index (χ0) is 24.6. The second-order valence-corrected chi connectivity index (χ2v) is 9.97. The lowest BCUT2D eigenvalue weighted by atomic mass is 9.79. The van der Waals surface area contributed by atoms with Crippen LogP contribution in [0.15, 0.2) is 41.4 Å². The number of nitrogens with zero attached hydrogens (tertiary/aromatic N) is 3. The minimum absolute atomic E-state index is 0.0596. The summed E-state index contributed by atoms with van der Waals surface area (Å²) >= 11 is 0. The predicted octanol–water partition coefficient (Wildman–Crippen LogP) is 4.60. The minimum Gasteiger partial charge on any atom is -0.493 e. The summed E-state index contributed by atoms with van der Waals surface area (Å²) in [6, 6.07) is 12.6. The number of ether oxygens (including phenoxy) is 2. The third kappa shape index (κ3) is 4.43. The first kappa shape index (κ1) is 24.3. The molecular formula is C28H37N3O3. The van der Waals surface area contributed by atoms with Gasteiger partial charge in [0.15, 0.2) is 11.5 Å². The van der Waals surface area contributed by atoms with E-state index in [-0.39, 0.29) is 24.0 Å². The highest BCUT2D eigenvalue weighted by molar-refractivity contribution is 6.15. The topological polar surface area (TPSA) is 54.4 Å². The molecule has 2 heterocycles. The van der Waals surface area contributed by atoms with E-state index in [4.69, 9.17) is 14.5 Å². The van der Waals surface area contributed by atoms with Gasteiger partial charge in [-0.1, -0.05) is 12.1 Å². The normalized spacial score (nSPS) is 20.0. The van der Waals surface area contributed by atoms with Crippen LogP contribution in [0.2, 0.25) is 0 Å². The van der Waals surface area contributed by atoms with E-state index in [2.05, 4.69) is 51.8 Å². The number of methoxy groups -OCH3 is 2. The van der Waals surface area contributed by atoms with E-state index in [9.17, 15) is 4.79 Å². The Kier molecular flexibility index (Phi) is 6.99. The molecule has 2 atom stereocenters. The Balaban J connectivity index is 1.75. The van der Waals surface area contributed by atoms with Gasteiger partial charge in [-0.25, -0.2) is 0 Å². The summed E-state index contributed by atoms with van der Waals surface area (Å²) in [7, 11) is 5.51. The van der Waals surface area contributed by atoms with E-state index in [1.54, 1.807) is 14.2 Å². The van der Waals surface area contributed by atoms with Crippen molar-refractivity contribution in [2.24, 2.45) is 4.99 Å². The molecule has 1 amide bonds. The van der Waals surface area contributed by atoms with Gasteiger partial charge in [0.1, 0.15) is 0 Å². The molecule has 0 unspecified atom stereocenters. The van der Waals surface area contributed by atoms with Crippen LogP contribution in [0.25, 0.3) is 0 Å². The van der Waals surface area contributed by atoms with Gasteiger partial charge in [0.05, 0.1) is 26.0 Å². The van der Waals surface area contributed by atoms with Gasteiger partial charge in [-0.2, -0.15) is 0 Å².